The third-order valence-corrected chi connectivity index (χ3v) is 2.50. The Hall–Kier alpha value is -0.640. The number of halogens is 2. The Bertz CT molecular complexity index is 282. The molecule has 0 unspecified atom stereocenters. The topological polar surface area (TPSA) is 46.2 Å². The van der Waals surface area contributed by atoms with Crippen molar-refractivity contribution in [3.8, 4) is 0 Å². The third kappa shape index (κ3) is 2.67. The van der Waals surface area contributed by atoms with Gasteiger partial charge in [-0.15, -0.1) is 0 Å². The monoisotopic (exact) mass is 217 g/mol. The second-order valence-electron chi connectivity index (χ2n) is 3.19. The van der Waals surface area contributed by atoms with Crippen LogP contribution in [0.1, 0.15) is 5.56 Å². The normalized spacial score (nSPS) is 12.9. The zero-order valence-electron chi connectivity index (χ0n) is 7.71. The summed E-state index contributed by atoms with van der Waals surface area (Å²) < 4.78 is 13.3. The molecule has 0 aliphatic rings. The number of hydrogen-bond donors (Lipinski definition) is 2. The number of aliphatic hydroxyl groups is 1. The Labute approximate surface area is 87.5 Å². The van der Waals surface area contributed by atoms with Gasteiger partial charge >= 0.3 is 0 Å². The first-order valence-electron chi connectivity index (χ1n) is 4.42. The highest BCUT2D eigenvalue weighted by Gasteiger charge is 2.12. The molecule has 0 saturated heterocycles. The van der Waals surface area contributed by atoms with Crippen LogP contribution in [0.4, 0.5) is 4.39 Å². The number of rotatable bonds is 4. The zero-order valence-corrected chi connectivity index (χ0v) is 8.47. The first kappa shape index (κ1) is 11.4. The minimum atomic E-state index is -0.343. The highest BCUT2D eigenvalue weighted by Crippen LogP contribution is 2.21. The molecule has 0 spiro atoms. The smallest absolute Gasteiger partial charge is 0.127 e. The van der Waals surface area contributed by atoms with Crippen LogP contribution in [0.2, 0.25) is 5.02 Å². The molecule has 0 amide bonds. The molecule has 0 bridgehead atoms. The van der Waals surface area contributed by atoms with Crippen LogP contribution in [-0.4, -0.2) is 18.3 Å². The molecular weight excluding hydrogens is 205 g/mol. The molecule has 78 valence electrons. The van der Waals surface area contributed by atoms with Crippen molar-refractivity contribution in [2.75, 3.05) is 13.2 Å². The molecule has 0 radical (unpaired) electrons. The van der Waals surface area contributed by atoms with Crippen LogP contribution in [0, 0.1) is 11.7 Å². The Morgan fingerprint density at radius 2 is 2.21 bits per heavy atom. The van der Waals surface area contributed by atoms with Crippen molar-refractivity contribution in [3.05, 3.63) is 34.6 Å². The zero-order chi connectivity index (χ0) is 10.6. The van der Waals surface area contributed by atoms with E-state index < -0.39 is 0 Å². The molecule has 14 heavy (non-hydrogen) atoms. The van der Waals surface area contributed by atoms with E-state index in [2.05, 4.69) is 0 Å². The lowest BCUT2D eigenvalue weighted by molar-refractivity contribution is 0.229. The van der Waals surface area contributed by atoms with Crippen molar-refractivity contribution >= 4 is 11.6 Å². The van der Waals surface area contributed by atoms with E-state index in [9.17, 15) is 4.39 Å². The van der Waals surface area contributed by atoms with E-state index in [0.29, 0.717) is 23.6 Å². The fraction of sp³-hybridized carbons (Fsp3) is 0.400. The molecule has 4 heteroatoms. The third-order valence-electron chi connectivity index (χ3n) is 2.15. The summed E-state index contributed by atoms with van der Waals surface area (Å²) in [6.45, 7) is 0.266. The molecule has 0 aliphatic heterocycles. The van der Waals surface area contributed by atoms with Crippen LogP contribution >= 0.6 is 11.6 Å². The van der Waals surface area contributed by atoms with Crippen molar-refractivity contribution in [2.45, 2.75) is 6.42 Å². The summed E-state index contributed by atoms with van der Waals surface area (Å²) in [4.78, 5) is 0. The van der Waals surface area contributed by atoms with Crippen molar-refractivity contribution in [3.63, 3.8) is 0 Å². The molecule has 0 aliphatic carbocycles. The largest absolute Gasteiger partial charge is 0.396 e. The first-order valence-corrected chi connectivity index (χ1v) is 4.80. The predicted octanol–water partition coefficient (Wildman–Crippen LogP) is 1.59. The van der Waals surface area contributed by atoms with E-state index in [4.69, 9.17) is 22.4 Å². The maximum atomic E-state index is 13.3. The quantitative estimate of drug-likeness (QED) is 0.805. The lowest BCUT2D eigenvalue weighted by Crippen LogP contribution is -2.21. The summed E-state index contributed by atoms with van der Waals surface area (Å²) in [5, 5.41) is 9.31. The van der Waals surface area contributed by atoms with E-state index in [-0.39, 0.29) is 18.3 Å². The van der Waals surface area contributed by atoms with Gasteiger partial charge in [0.05, 0.1) is 0 Å². The summed E-state index contributed by atoms with van der Waals surface area (Å²) >= 11 is 5.83. The van der Waals surface area contributed by atoms with Crippen molar-refractivity contribution < 1.29 is 9.50 Å². The molecule has 0 aromatic heterocycles. The predicted molar refractivity (Wildman–Crippen MR) is 54.7 cm³/mol. The maximum absolute atomic E-state index is 13.3. The molecule has 1 aromatic carbocycles. The number of nitrogens with two attached hydrogens (primary N) is 1. The summed E-state index contributed by atoms with van der Waals surface area (Å²) in [7, 11) is 0. The van der Waals surface area contributed by atoms with Crippen LogP contribution in [0.5, 0.6) is 0 Å². The molecule has 1 rings (SSSR count). The highest BCUT2D eigenvalue weighted by molar-refractivity contribution is 6.31. The maximum Gasteiger partial charge on any atom is 0.127 e. The van der Waals surface area contributed by atoms with E-state index in [1.54, 1.807) is 12.1 Å². The van der Waals surface area contributed by atoms with Gasteiger partial charge in [-0.05, 0) is 31.0 Å². The molecule has 0 saturated carbocycles. The second kappa shape index (κ2) is 5.29. The lowest BCUT2D eigenvalue weighted by Gasteiger charge is -2.12. The van der Waals surface area contributed by atoms with Gasteiger partial charge in [0, 0.05) is 17.2 Å². The Balaban J connectivity index is 2.84. The fourth-order valence-corrected chi connectivity index (χ4v) is 1.48. The first-order chi connectivity index (χ1) is 6.69. The van der Waals surface area contributed by atoms with Crippen molar-refractivity contribution in [1.29, 1.82) is 0 Å². The summed E-state index contributed by atoms with van der Waals surface area (Å²) in [5.74, 6) is -0.478. The minimum absolute atomic E-state index is 0.0544. The van der Waals surface area contributed by atoms with Gasteiger partial charge in [0.15, 0.2) is 0 Å². The molecule has 2 nitrogen and oxygen atoms in total. The van der Waals surface area contributed by atoms with Gasteiger partial charge in [0.1, 0.15) is 5.82 Å². The lowest BCUT2D eigenvalue weighted by atomic mass is 10.00. The number of aliphatic hydroxyl groups excluding tert-OH is 1. The minimum Gasteiger partial charge on any atom is -0.396 e. The summed E-state index contributed by atoms with van der Waals surface area (Å²) in [6, 6.07) is 4.54. The molecule has 1 atom stereocenters. The van der Waals surface area contributed by atoms with Gasteiger partial charge in [0.2, 0.25) is 0 Å². The summed E-state index contributed by atoms with van der Waals surface area (Å²) in [5.41, 5.74) is 5.84. The van der Waals surface area contributed by atoms with Crippen LogP contribution in [0.25, 0.3) is 0 Å². The Morgan fingerprint density at radius 3 is 2.71 bits per heavy atom. The SMILES string of the molecule is NC[C@@H](CO)Cc1c(F)cccc1Cl. The van der Waals surface area contributed by atoms with Gasteiger partial charge in [-0.2, -0.15) is 0 Å². The standard InChI is InChI=1S/C10H13ClFNO/c11-9-2-1-3-10(12)8(9)4-7(5-13)6-14/h1-3,7,14H,4-6,13H2/t7-/m0/s1. The van der Waals surface area contributed by atoms with Crippen LogP contribution in [0.15, 0.2) is 18.2 Å². The van der Waals surface area contributed by atoms with Gasteiger partial charge in [-0.3, -0.25) is 0 Å². The van der Waals surface area contributed by atoms with Gasteiger partial charge in [-0.1, -0.05) is 17.7 Å². The van der Waals surface area contributed by atoms with E-state index in [0.717, 1.165) is 0 Å². The molecule has 1 aromatic rings. The number of hydrogen-bond acceptors (Lipinski definition) is 2. The van der Waals surface area contributed by atoms with Crippen LogP contribution in [-0.2, 0) is 6.42 Å². The van der Waals surface area contributed by atoms with Crippen LogP contribution < -0.4 is 5.73 Å². The summed E-state index contributed by atoms with van der Waals surface area (Å²) in [6.07, 6.45) is 0.374. The van der Waals surface area contributed by atoms with Gasteiger partial charge < -0.3 is 10.8 Å². The van der Waals surface area contributed by atoms with E-state index in [1.807, 2.05) is 0 Å². The average molecular weight is 218 g/mol. The Kier molecular flexibility index (Phi) is 4.32. The van der Waals surface area contributed by atoms with Crippen molar-refractivity contribution in [2.24, 2.45) is 11.7 Å². The second-order valence-corrected chi connectivity index (χ2v) is 3.60. The molecule has 0 heterocycles. The fourth-order valence-electron chi connectivity index (χ4n) is 1.24. The van der Waals surface area contributed by atoms with E-state index >= 15 is 0 Å². The van der Waals surface area contributed by atoms with Gasteiger partial charge in [-0.25, -0.2) is 4.39 Å². The average Bonchev–Trinajstić information content (AvgIpc) is 2.18. The number of benzene rings is 1. The van der Waals surface area contributed by atoms with E-state index in [1.165, 1.54) is 6.07 Å². The molecule has 3 N–H and O–H groups in total. The van der Waals surface area contributed by atoms with Crippen LogP contribution in [0.3, 0.4) is 0 Å². The Morgan fingerprint density at radius 1 is 1.50 bits per heavy atom. The van der Waals surface area contributed by atoms with Crippen molar-refractivity contribution in [1.82, 2.24) is 0 Å². The molecule has 0 fully saturated rings. The van der Waals surface area contributed by atoms with Gasteiger partial charge in [0.25, 0.3) is 0 Å². The molecular formula is C10H13ClFNO. The highest BCUT2D eigenvalue weighted by atomic mass is 35.5.